The summed E-state index contributed by atoms with van der Waals surface area (Å²) in [5, 5.41) is 0. The first-order valence-corrected chi connectivity index (χ1v) is 7.62. The lowest BCUT2D eigenvalue weighted by Crippen LogP contribution is -2.21. The van der Waals surface area contributed by atoms with Crippen molar-refractivity contribution in [3.63, 3.8) is 0 Å². The number of carbonyl (C=O) groups is 2. The molecule has 106 valence electrons. The zero-order valence-electron chi connectivity index (χ0n) is 12.4. The fourth-order valence-electron chi connectivity index (χ4n) is 2.20. The van der Waals surface area contributed by atoms with Gasteiger partial charge in [0.2, 0.25) is 0 Å². The van der Waals surface area contributed by atoms with Crippen LogP contribution < -0.4 is 0 Å². The van der Waals surface area contributed by atoms with E-state index in [1.807, 2.05) is 13.8 Å². The molecule has 0 aromatic carbocycles. The summed E-state index contributed by atoms with van der Waals surface area (Å²) in [7, 11) is 0. The van der Waals surface area contributed by atoms with Crippen LogP contribution in [-0.4, -0.2) is 12.1 Å². The molecule has 0 spiro atoms. The summed E-state index contributed by atoms with van der Waals surface area (Å²) in [5.74, 6) is -0.271. The van der Waals surface area contributed by atoms with Crippen molar-refractivity contribution in [2.24, 2.45) is 11.8 Å². The van der Waals surface area contributed by atoms with E-state index in [0.29, 0.717) is 0 Å². The minimum absolute atomic E-state index is 0.0192. The molecule has 2 heteroatoms. The summed E-state index contributed by atoms with van der Waals surface area (Å²) in [6, 6.07) is 0. The topological polar surface area (TPSA) is 34.1 Å². The Labute approximate surface area is 113 Å². The molecule has 0 aliphatic carbocycles. The average Bonchev–Trinajstić information content (AvgIpc) is 2.36. The largest absolute Gasteiger partial charge is 0.303 e. The molecule has 0 amide bonds. The molecular weight excluding hydrogens is 224 g/mol. The lowest BCUT2D eigenvalue weighted by Gasteiger charge is -2.11. The van der Waals surface area contributed by atoms with Gasteiger partial charge >= 0.3 is 0 Å². The molecule has 0 rings (SSSR count). The minimum atomic E-state index is -0.356. The monoisotopic (exact) mass is 254 g/mol. The van der Waals surface area contributed by atoms with E-state index in [1.54, 1.807) is 0 Å². The van der Waals surface area contributed by atoms with Crippen molar-refractivity contribution in [1.82, 2.24) is 0 Å². The molecule has 2 nitrogen and oxygen atoms in total. The quantitative estimate of drug-likeness (QED) is 0.291. The second-order valence-electron chi connectivity index (χ2n) is 5.56. The van der Waals surface area contributed by atoms with Gasteiger partial charge in [-0.05, 0) is 6.42 Å². The molecule has 0 aromatic heterocycles. The maximum Gasteiger partial charge on any atom is 0.145 e. The summed E-state index contributed by atoms with van der Waals surface area (Å²) in [6.45, 7) is 5.96. The van der Waals surface area contributed by atoms with Crippen molar-refractivity contribution >= 4 is 12.1 Å². The van der Waals surface area contributed by atoms with E-state index < -0.39 is 0 Å². The minimum Gasteiger partial charge on any atom is -0.303 e. The smallest absolute Gasteiger partial charge is 0.145 e. The van der Waals surface area contributed by atoms with E-state index in [2.05, 4.69) is 6.92 Å². The molecule has 0 aromatic rings. The molecule has 0 aliphatic heterocycles. The van der Waals surface area contributed by atoms with Gasteiger partial charge in [0.25, 0.3) is 0 Å². The lowest BCUT2D eigenvalue weighted by atomic mass is 9.91. The number of hydrogen-bond donors (Lipinski definition) is 0. The summed E-state index contributed by atoms with van der Waals surface area (Å²) < 4.78 is 0. The lowest BCUT2D eigenvalue weighted by molar-refractivity contribution is -0.130. The maximum atomic E-state index is 11.7. The van der Waals surface area contributed by atoms with Crippen LogP contribution in [0.25, 0.3) is 0 Å². The molecule has 0 radical (unpaired) electrons. The van der Waals surface area contributed by atoms with Crippen LogP contribution in [0, 0.1) is 11.8 Å². The number of rotatable bonds is 12. The van der Waals surface area contributed by atoms with Crippen molar-refractivity contribution in [3.05, 3.63) is 0 Å². The first-order valence-electron chi connectivity index (χ1n) is 7.62. The second kappa shape index (κ2) is 11.4. The molecule has 18 heavy (non-hydrogen) atoms. The first kappa shape index (κ1) is 17.3. The molecule has 0 N–H and O–H groups in total. The highest BCUT2D eigenvalue weighted by Gasteiger charge is 2.19. The number of Topliss-reactive ketones (excluding diaryl/α,β-unsaturated/α-hetero) is 1. The summed E-state index contributed by atoms with van der Waals surface area (Å²) in [5.41, 5.74) is 0. The van der Waals surface area contributed by atoms with E-state index in [9.17, 15) is 9.59 Å². The molecular formula is C16H30O2. The zero-order valence-corrected chi connectivity index (χ0v) is 12.4. The Kier molecular flexibility index (Phi) is 11.0. The average molecular weight is 254 g/mol. The summed E-state index contributed by atoms with van der Waals surface area (Å²) in [4.78, 5) is 22.5. The molecule has 0 saturated carbocycles. The molecule has 1 atom stereocenters. The second-order valence-corrected chi connectivity index (χ2v) is 5.56. The van der Waals surface area contributed by atoms with Crippen molar-refractivity contribution in [2.45, 2.75) is 78.6 Å². The molecule has 0 saturated heterocycles. The van der Waals surface area contributed by atoms with Crippen LogP contribution in [0.15, 0.2) is 0 Å². The van der Waals surface area contributed by atoms with Crippen LogP contribution >= 0.6 is 0 Å². The van der Waals surface area contributed by atoms with Gasteiger partial charge in [0, 0.05) is 5.92 Å². The van der Waals surface area contributed by atoms with Gasteiger partial charge < -0.3 is 4.79 Å². The third kappa shape index (κ3) is 8.43. The van der Waals surface area contributed by atoms with Gasteiger partial charge in [0.15, 0.2) is 0 Å². The highest BCUT2D eigenvalue weighted by molar-refractivity contribution is 5.94. The van der Waals surface area contributed by atoms with E-state index >= 15 is 0 Å². The predicted octanol–water partition coefficient (Wildman–Crippen LogP) is 4.56. The van der Waals surface area contributed by atoms with Crippen LogP contribution in [0.1, 0.15) is 78.6 Å². The Morgan fingerprint density at radius 1 is 0.944 bits per heavy atom. The third-order valence-corrected chi connectivity index (χ3v) is 3.47. The standard InChI is InChI=1S/C16H30O2/c1-4-5-6-7-8-9-10-11-12-15(13-17)16(18)14(2)3/h13-15H,4-12H2,1-3H3. The van der Waals surface area contributed by atoms with E-state index in [-0.39, 0.29) is 17.6 Å². The van der Waals surface area contributed by atoms with Gasteiger partial charge in [-0.3, -0.25) is 4.79 Å². The number of aldehydes is 1. The summed E-state index contributed by atoms with van der Waals surface area (Å²) >= 11 is 0. The fourth-order valence-corrected chi connectivity index (χ4v) is 2.20. The van der Waals surface area contributed by atoms with Crippen LogP contribution in [-0.2, 0) is 9.59 Å². The Hall–Kier alpha value is -0.660. The van der Waals surface area contributed by atoms with E-state index in [4.69, 9.17) is 0 Å². The van der Waals surface area contributed by atoms with Gasteiger partial charge in [-0.1, -0.05) is 72.1 Å². The van der Waals surface area contributed by atoms with Crippen LogP contribution in [0.4, 0.5) is 0 Å². The molecule has 0 aliphatic rings. The number of unbranched alkanes of at least 4 members (excludes halogenated alkanes) is 7. The Morgan fingerprint density at radius 3 is 1.89 bits per heavy atom. The molecule has 1 unspecified atom stereocenters. The van der Waals surface area contributed by atoms with Gasteiger partial charge in [-0.2, -0.15) is 0 Å². The van der Waals surface area contributed by atoms with Crippen LogP contribution in [0.3, 0.4) is 0 Å². The third-order valence-electron chi connectivity index (χ3n) is 3.47. The van der Waals surface area contributed by atoms with Gasteiger partial charge in [-0.15, -0.1) is 0 Å². The Morgan fingerprint density at radius 2 is 1.44 bits per heavy atom. The number of hydrogen-bond acceptors (Lipinski definition) is 2. The fraction of sp³-hybridized carbons (Fsp3) is 0.875. The van der Waals surface area contributed by atoms with Crippen molar-refractivity contribution < 1.29 is 9.59 Å². The number of ketones is 1. The molecule has 0 bridgehead atoms. The molecule has 0 heterocycles. The predicted molar refractivity (Wildman–Crippen MR) is 76.6 cm³/mol. The van der Waals surface area contributed by atoms with Gasteiger partial charge in [-0.25, -0.2) is 0 Å². The van der Waals surface area contributed by atoms with Crippen molar-refractivity contribution in [2.75, 3.05) is 0 Å². The van der Waals surface area contributed by atoms with Crippen LogP contribution in [0.5, 0.6) is 0 Å². The zero-order chi connectivity index (χ0) is 13.8. The van der Waals surface area contributed by atoms with Crippen molar-refractivity contribution in [1.29, 1.82) is 0 Å². The van der Waals surface area contributed by atoms with Crippen LogP contribution in [0.2, 0.25) is 0 Å². The van der Waals surface area contributed by atoms with Crippen molar-refractivity contribution in [3.8, 4) is 0 Å². The normalized spacial score (nSPS) is 12.7. The highest BCUT2D eigenvalue weighted by atomic mass is 16.1. The first-order chi connectivity index (χ1) is 8.63. The maximum absolute atomic E-state index is 11.7. The van der Waals surface area contributed by atoms with Gasteiger partial charge in [0.1, 0.15) is 12.1 Å². The van der Waals surface area contributed by atoms with Gasteiger partial charge in [0.05, 0.1) is 5.92 Å². The Balaban J connectivity index is 3.51. The Bertz CT molecular complexity index is 221. The molecule has 0 fully saturated rings. The van der Waals surface area contributed by atoms with E-state index in [1.165, 1.54) is 38.5 Å². The number of carbonyl (C=O) groups excluding carboxylic acids is 2. The van der Waals surface area contributed by atoms with E-state index in [0.717, 1.165) is 25.5 Å². The SMILES string of the molecule is CCCCCCCCCCC(C=O)C(=O)C(C)C. The highest BCUT2D eigenvalue weighted by Crippen LogP contribution is 2.15. The summed E-state index contributed by atoms with van der Waals surface area (Å²) in [6.07, 6.45) is 11.6.